The van der Waals surface area contributed by atoms with Gasteiger partial charge in [0.05, 0.1) is 11.3 Å². The van der Waals surface area contributed by atoms with E-state index in [1.807, 2.05) is 6.92 Å². The fourth-order valence-electron chi connectivity index (χ4n) is 2.96. The van der Waals surface area contributed by atoms with E-state index >= 15 is 0 Å². The Morgan fingerprint density at radius 1 is 1.29 bits per heavy atom. The van der Waals surface area contributed by atoms with Crippen LogP contribution in [0, 0.1) is 11.7 Å². The highest BCUT2D eigenvalue weighted by molar-refractivity contribution is 5.99. The molecule has 1 saturated carbocycles. The van der Waals surface area contributed by atoms with Gasteiger partial charge in [0.1, 0.15) is 5.82 Å². The van der Waals surface area contributed by atoms with Crippen molar-refractivity contribution in [1.82, 2.24) is 5.32 Å². The number of carbonyl (C=O) groups is 1. The standard InChI is InChI=1S/C17H25FN2O/c1-3-19-16-14(8-5-9-15(16)18)17(21)20-13-7-4-6-12(2)10-11-13/h5,8-9,12-13,19H,3-4,6-7,10-11H2,1-2H3,(H,20,21). The Morgan fingerprint density at radius 3 is 2.86 bits per heavy atom. The molecule has 4 heteroatoms. The molecule has 2 rings (SSSR count). The molecule has 0 radical (unpaired) electrons. The highest BCUT2D eigenvalue weighted by Crippen LogP contribution is 2.24. The van der Waals surface area contributed by atoms with Gasteiger partial charge < -0.3 is 10.6 Å². The van der Waals surface area contributed by atoms with Crippen molar-refractivity contribution in [1.29, 1.82) is 0 Å². The third-order valence-electron chi connectivity index (χ3n) is 4.20. The van der Waals surface area contributed by atoms with Gasteiger partial charge in [-0.3, -0.25) is 4.79 Å². The first-order chi connectivity index (χ1) is 10.1. The van der Waals surface area contributed by atoms with E-state index in [1.165, 1.54) is 12.5 Å². The Balaban J connectivity index is 2.08. The molecule has 1 aromatic rings. The molecule has 1 fully saturated rings. The topological polar surface area (TPSA) is 41.1 Å². The van der Waals surface area contributed by atoms with Gasteiger partial charge in [-0.25, -0.2) is 4.39 Å². The van der Waals surface area contributed by atoms with Crippen LogP contribution >= 0.6 is 0 Å². The van der Waals surface area contributed by atoms with Gasteiger partial charge in [0.25, 0.3) is 5.91 Å². The van der Waals surface area contributed by atoms with Crippen molar-refractivity contribution in [3.05, 3.63) is 29.6 Å². The lowest BCUT2D eigenvalue weighted by Crippen LogP contribution is -2.35. The van der Waals surface area contributed by atoms with Gasteiger partial charge in [-0.2, -0.15) is 0 Å². The Labute approximate surface area is 126 Å². The third-order valence-corrected chi connectivity index (χ3v) is 4.20. The molecule has 0 aromatic heterocycles. The Kier molecular flexibility index (Phi) is 5.59. The predicted molar refractivity (Wildman–Crippen MR) is 84.1 cm³/mol. The SMILES string of the molecule is CCNc1c(F)cccc1C(=O)NC1CCCC(C)CC1. The number of carbonyl (C=O) groups excluding carboxylic acids is 1. The normalized spacial score (nSPS) is 22.4. The van der Waals surface area contributed by atoms with Crippen LogP contribution in [0.3, 0.4) is 0 Å². The summed E-state index contributed by atoms with van der Waals surface area (Å²) in [7, 11) is 0. The summed E-state index contributed by atoms with van der Waals surface area (Å²) in [4.78, 5) is 12.4. The smallest absolute Gasteiger partial charge is 0.253 e. The van der Waals surface area contributed by atoms with E-state index in [-0.39, 0.29) is 17.8 Å². The molecule has 1 aromatic carbocycles. The Morgan fingerprint density at radius 2 is 2.10 bits per heavy atom. The summed E-state index contributed by atoms with van der Waals surface area (Å²) < 4.78 is 13.8. The molecule has 2 N–H and O–H groups in total. The molecule has 1 aliphatic rings. The lowest BCUT2D eigenvalue weighted by molar-refractivity contribution is 0.0933. The third kappa shape index (κ3) is 4.19. The molecule has 116 valence electrons. The van der Waals surface area contributed by atoms with E-state index < -0.39 is 0 Å². The molecule has 21 heavy (non-hydrogen) atoms. The van der Waals surface area contributed by atoms with Gasteiger partial charge in [0.15, 0.2) is 0 Å². The molecule has 0 spiro atoms. The summed E-state index contributed by atoms with van der Waals surface area (Å²) in [5.74, 6) is 0.183. The van der Waals surface area contributed by atoms with Crippen LogP contribution in [-0.4, -0.2) is 18.5 Å². The highest BCUT2D eigenvalue weighted by Gasteiger charge is 2.20. The summed E-state index contributed by atoms with van der Waals surface area (Å²) in [5, 5.41) is 6.02. The van der Waals surface area contributed by atoms with Crippen molar-refractivity contribution < 1.29 is 9.18 Å². The summed E-state index contributed by atoms with van der Waals surface area (Å²) >= 11 is 0. The van der Waals surface area contributed by atoms with Crippen LogP contribution in [-0.2, 0) is 0 Å². The van der Waals surface area contributed by atoms with Crippen LogP contribution < -0.4 is 10.6 Å². The average molecular weight is 292 g/mol. The van der Waals surface area contributed by atoms with Gasteiger partial charge in [-0.15, -0.1) is 0 Å². The van der Waals surface area contributed by atoms with Gasteiger partial charge in [0.2, 0.25) is 0 Å². The second kappa shape index (κ2) is 7.43. The predicted octanol–water partition coefficient (Wildman–Crippen LogP) is 3.96. The van der Waals surface area contributed by atoms with Crippen molar-refractivity contribution in [3.63, 3.8) is 0 Å². The minimum absolute atomic E-state index is 0.176. The lowest BCUT2D eigenvalue weighted by Gasteiger charge is -2.18. The molecule has 0 bridgehead atoms. The summed E-state index contributed by atoms with van der Waals surface area (Å²) in [6, 6.07) is 4.85. The van der Waals surface area contributed by atoms with Crippen LogP contribution in [0.1, 0.15) is 56.3 Å². The second-order valence-electron chi connectivity index (χ2n) is 5.98. The number of hydrogen-bond acceptors (Lipinski definition) is 2. The number of rotatable bonds is 4. The maximum absolute atomic E-state index is 13.8. The van der Waals surface area contributed by atoms with Crippen molar-refractivity contribution in [2.75, 3.05) is 11.9 Å². The lowest BCUT2D eigenvalue weighted by atomic mass is 10.0. The van der Waals surface area contributed by atoms with E-state index in [0.717, 1.165) is 31.6 Å². The van der Waals surface area contributed by atoms with Crippen molar-refractivity contribution in [2.45, 2.75) is 52.0 Å². The first kappa shape index (κ1) is 15.8. The van der Waals surface area contributed by atoms with Gasteiger partial charge in [-0.1, -0.05) is 25.8 Å². The summed E-state index contributed by atoms with van der Waals surface area (Å²) in [6.45, 7) is 4.74. The van der Waals surface area contributed by atoms with Gasteiger partial charge >= 0.3 is 0 Å². The van der Waals surface area contributed by atoms with Crippen LogP contribution in [0.25, 0.3) is 0 Å². The first-order valence-electron chi connectivity index (χ1n) is 7.95. The Hall–Kier alpha value is -1.58. The molecular weight excluding hydrogens is 267 g/mol. The maximum Gasteiger partial charge on any atom is 0.253 e. The summed E-state index contributed by atoms with van der Waals surface area (Å²) in [6.07, 6.45) is 5.55. The molecule has 3 nitrogen and oxygen atoms in total. The molecular formula is C17H25FN2O. The molecule has 1 aliphatic carbocycles. The number of benzene rings is 1. The zero-order valence-electron chi connectivity index (χ0n) is 12.9. The minimum atomic E-state index is -0.376. The fourth-order valence-corrected chi connectivity index (χ4v) is 2.96. The zero-order chi connectivity index (χ0) is 15.2. The second-order valence-corrected chi connectivity index (χ2v) is 5.98. The molecule has 1 amide bonds. The van der Waals surface area contributed by atoms with Crippen molar-refractivity contribution >= 4 is 11.6 Å². The molecule has 0 heterocycles. The first-order valence-corrected chi connectivity index (χ1v) is 7.95. The van der Waals surface area contributed by atoms with Crippen molar-refractivity contribution in [3.8, 4) is 0 Å². The van der Waals surface area contributed by atoms with Gasteiger partial charge in [0, 0.05) is 12.6 Å². The van der Waals surface area contributed by atoms with Crippen LogP contribution in [0.15, 0.2) is 18.2 Å². The monoisotopic (exact) mass is 292 g/mol. The number of hydrogen-bond donors (Lipinski definition) is 2. The Bertz CT molecular complexity index is 490. The molecule has 0 saturated heterocycles. The molecule has 2 unspecified atom stereocenters. The van der Waals surface area contributed by atoms with E-state index in [4.69, 9.17) is 0 Å². The minimum Gasteiger partial charge on any atom is -0.382 e. The van der Waals surface area contributed by atoms with Crippen molar-refractivity contribution in [2.24, 2.45) is 5.92 Å². The number of anilines is 1. The molecule has 2 atom stereocenters. The number of para-hydroxylation sites is 1. The molecule has 0 aliphatic heterocycles. The van der Waals surface area contributed by atoms with Crippen LogP contribution in [0.4, 0.5) is 10.1 Å². The van der Waals surface area contributed by atoms with Gasteiger partial charge in [-0.05, 0) is 44.2 Å². The quantitative estimate of drug-likeness (QED) is 0.825. The van der Waals surface area contributed by atoms with Crippen LogP contribution in [0.5, 0.6) is 0 Å². The summed E-state index contributed by atoms with van der Waals surface area (Å²) in [5.41, 5.74) is 0.702. The van der Waals surface area contributed by atoms with E-state index in [1.54, 1.807) is 12.1 Å². The largest absolute Gasteiger partial charge is 0.382 e. The number of halogens is 1. The van der Waals surface area contributed by atoms with E-state index in [0.29, 0.717) is 17.8 Å². The number of amides is 1. The van der Waals surface area contributed by atoms with Crippen LogP contribution in [0.2, 0.25) is 0 Å². The highest BCUT2D eigenvalue weighted by atomic mass is 19.1. The maximum atomic E-state index is 13.8. The zero-order valence-corrected chi connectivity index (χ0v) is 12.9. The average Bonchev–Trinajstić information content (AvgIpc) is 2.66. The number of nitrogens with one attached hydrogen (secondary N) is 2. The fraction of sp³-hybridized carbons (Fsp3) is 0.588. The van der Waals surface area contributed by atoms with E-state index in [9.17, 15) is 9.18 Å². The van der Waals surface area contributed by atoms with E-state index in [2.05, 4.69) is 17.6 Å².